The van der Waals surface area contributed by atoms with Crippen molar-refractivity contribution in [1.82, 2.24) is 9.97 Å². The highest BCUT2D eigenvalue weighted by molar-refractivity contribution is 7.90. The molecule has 0 aliphatic rings. The van der Waals surface area contributed by atoms with Gasteiger partial charge in [0, 0.05) is 11.6 Å². The highest BCUT2D eigenvalue weighted by Crippen LogP contribution is 2.25. The summed E-state index contributed by atoms with van der Waals surface area (Å²) in [6.45, 7) is 2.55. The van der Waals surface area contributed by atoms with Crippen molar-refractivity contribution >= 4 is 38.3 Å². The highest BCUT2D eigenvalue weighted by atomic mass is 35.5. The number of fused-ring (bicyclic) bond motifs is 1. The molecule has 0 saturated carbocycles. The van der Waals surface area contributed by atoms with E-state index in [-0.39, 0.29) is 16.6 Å². The van der Waals surface area contributed by atoms with E-state index in [1.54, 1.807) is 30.3 Å². The second-order valence-electron chi connectivity index (χ2n) is 7.28. The van der Waals surface area contributed by atoms with Crippen molar-refractivity contribution in [3.05, 3.63) is 94.5 Å². The number of nitrogens with one attached hydrogen (secondary N) is 1. The van der Waals surface area contributed by atoms with Gasteiger partial charge in [0.2, 0.25) is 9.84 Å². The van der Waals surface area contributed by atoms with Crippen molar-refractivity contribution in [2.75, 3.05) is 5.32 Å². The molecule has 5 nitrogen and oxygen atoms in total. The molecule has 0 aliphatic carbocycles. The number of aromatic nitrogens is 2. The predicted octanol–water partition coefficient (Wildman–Crippen LogP) is 5.43. The fourth-order valence-corrected chi connectivity index (χ4v) is 4.81. The summed E-state index contributed by atoms with van der Waals surface area (Å²) in [7, 11) is -3.74. The standard InChI is InChI=1S/C24H22ClN3O2S/c1-2-17-7-9-18(10-8-17)15-26-23-24(28-22-6-4-3-5-21(22)27-23)31(29,30)16-19-11-13-20(25)14-12-19/h3-14H,2,15-16H2,1H3,(H,26,27). The van der Waals surface area contributed by atoms with Crippen molar-refractivity contribution in [2.45, 2.75) is 30.7 Å². The van der Waals surface area contributed by atoms with Crippen LogP contribution in [0.4, 0.5) is 5.82 Å². The molecular weight excluding hydrogens is 430 g/mol. The minimum atomic E-state index is -3.74. The van der Waals surface area contributed by atoms with Crippen LogP contribution in [0.15, 0.2) is 77.8 Å². The number of halogens is 1. The largest absolute Gasteiger partial charge is 0.364 e. The lowest BCUT2D eigenvalue weighted by molar-refractivity contribution is 0.592. The van der Waals surface area contributed by atoms with Gasteiger partial charge in [-0.3, -0.25) is 0 Å². The molecule has 4 rings (SSSR count). The first kappa shape index (κ1) is 21.3. The molecule has 1 N–H and O–H groups in total. The van der Waals surface area contributed by atoms with E-state index in [2.05, 4.69) is 34.3 Å². The second kappa shape index (κ2) is 9.04. The first-order valence-electron chi connectivity index (χ1n) is 10.0. The molecule has 3 aromatic carbocycles. The maximum atomic E-state index is 13.3. The topological polar surface area (TPSA) is 72.0 Å². The van der Waals surface area contributed by atoms with Crippen molar-refractivity contribution in [2.24, 2.45) is 0 Å². The minimum absolute atomic E-state index is 0.0497. The number of para-hydroxylation sites is 2. The number of sulfone groups is 1. The normalized spacial score (nSPS) is 11.5. The van der Waals surface area contributed by atoms with E-state index in [1.165, 1.54) is 5.56 Å². The summed E-state index contributed by atoms with van der Waals surface area (Å²) < 4.78 is 26.5. The molecule has 0 unspecified atom stereocenters. The Morgan fingerprint density at radius 1 is 0.806 bits per heavy atom. The summed E-state index contributed by atoms with van der Waals surface area (Å²) in [5.74, 6) is 0.0732. The Kier molecular flexibility index (Phi) is 6.20. The van der Waals surface area contributed by atoms with Crippen LogP contribution >= 0.6 is 11.6 Å². The third kappa shape index (κ3) is 5.03. The Hall–Kier alpha value is -2.96. The Labute approximate surface area is 187 Å². The minimum Gasteiger partial charge on any atom is -0.364 e. The molecule has 1 heterocycles. The quantitative estimate of drug-likeness (QED) is 0.405. The van der Waals surface area contributed by atoms with E-state index < -0.39 is 9.84 Å². The maximum absolute atomic E-state index is 13.3. The smallest absolute Gasteiger partial charge is 0.203 e. The Morgan fingerprint density at radius 3 is 2.03 bits per heavy atom. The number of hydrogen-bond donors (Lipinski definition) is 1. The van der Waals surface area contributed by atoms with Gasteiger partial charge in [-0.25, -0.2) is 18.4 Å². The molecule has 0 radical (unpaired) electrons. The van der Waals surface area contributed by atoms with Crippen LogP contribution in [0.2, 0.25) is 5.02 Å². The first-order valence-corrected chi connectivity index (χ1v) is 12.0. The van der Waals surface area contributed by atoms with Crippen LogP contribution in [-0.4, -0.2) is 18.4 Å². The second-order valence-corrected chi connectivity index (χ2v) is 9.62. The van der Waals surface area contributed by atoms with Crippen LogP contribution < -0.4 is 5.32 Å². The lowest BCUT2D eigenvalue weighted by atomic mass is 10.1. The number of rotatable bonds is 7. The van der Waals surface area contributed by atoms with Gasteiger partial charge in [-0.05, 0) is 47.4 Å². The predicted molar refractivity (Wildman–Crippen MR) is 125 cm³/mol. The number of aryl methyl sites for hydroxylation is 1. The molecule has 158 valence electrons. The molecule has 31 heavy (non-hydrogen) atoms. The van der Waals surface area contributed by atoms with E-state index in [0.29, 0.717) is 28.2 Å². The van der Waals surface area contributed by atoms with Gasteiger partial charge in [-0.15, -0.1) is 0 Å². The molecular formula is C24H22ClN3O2S. The fraction of sp³-hybridized carbons (Fsp3) is 0.167. The summed E-state index contributed by atoms with van der Waals surface area (Å²) in [4.78, 5) is 9.03. The van der Waals surface area contributed by atoms with Gasteiger partial charge in [-0.2, -0.15) is 0 Å². The van der Waals surface area contributed by atoms with E-state index in [1.807, 2.05) is 30.3 Å². The van der Waals surface area contributed by atoms with E-state index in [9.17, 15) is 8.42 Å². The van der Waals surface area contributed by atoms with Crippen LogP contribution in [0.3, 0.4) is 0 Å². The molecule has 0 bridgehead atoms. The molecule has 0 spiro atoms. The lowest BCUT2D eigenvalue weighted by Crippen LogP contribution is -2.13. The molecule has 0 atom stereocenters. The Balaban J connectivity index is 1.69. The van der Waals surface area contributed by atoms with Crippen LogP contribution in [0.1, 0.15) is 23.6 Å². The maximum Gasteiger partial charge on any atom is 0.203 e. The molecule has 7 heteroatoms. The average Bonchev–Trinajstić information content (AvgIpc) is 2.78. The number of anilines is 1. The highest BCUT2D eigenvalue weighted by Gasteiger charge is 2.23. The van der Waals surface area contributed by atoms with Gasteiger partial charge in [0.1, 0.15) is 0 Å². The third-order valence-corrected chi connectivity index (χ3v) is 6.83. The molecule has 0 amide bonds. The van der Waals surface area contributed by atoms with Crippen LogP contribution in [0, 0.1) is 0 Å². The molecule has 0 saturated heterocycles. The average molecular weight is 452 g/mol. The van der Waals surface area contributed by atoms with Gasteiger partial charge in [0.05, 0.1) is 16.8 Å². The molecule has 0 fully saturated rings. The van der Waals surface area contributed by atoms with Crippen molar-refractivity contribution < 1.29 is 8.42 Å². The fourth-order valence-electron chi connectivity index (χ4n) is 3.26. The summed E-state index contributed by atoms with van der Waals surface area (Å²) in [6, 6.07) is 22.2. The third-order valence-electron chi connectivity index (χ3n) is 4.99. The Morgan fingerprint density at radius 2 is 1.39 bits per heavy atom. The number of benzene rings is 3. The van der Waals surface area contributed by atoms with Crippen molar-refractivity contribution in [1.29, 1.82) is 0 Å². The number of hydrogen-bond acceptors (Lipinski definition) is 5. The van der Waals surface area contributed by atoms with Gasteiger partial charge in [-0.1, -0.05) is 67.1 Å². The van der Waals surface area contributed by atoms with Gasteiger partial charge in [0.15, 0.2) is 10.8 Å². The SMILES string of the molecule is CCc1ccc(CNc2nc3ccccc3nc2S(=O)(=O)Cc2ccc(Cl)cc2)cc1. The molecule has 0 aliphatic heterocycles. The van der Waals surface area contributed by atoms with Gasteiger partial charge in [0.25, 0.3) is 0 Å². The summed E-state index contributed by atoms with van der Waals surface area (Å²) in [5.41, 5.74) is 4.10. The van der Waals surface area contributed by atoms with Crippen LogP contribution in [0.25, 0.3) is 11.0 Å². The molecule has 4 aromatic rings. The number of nitrogens with zero attached hydrogens (tertiary/aromatic N) is 2. The van der Waals surface area contributed by atoms with Gasteiger partial charge >= 0.3 is 0 Å². The zero-order valence-corrected chi connectivity index (χ0v) is 18.6. The monoisotopic (exact) mass is 451 g/mol. The van der Waals surface area contributed by atoms with Gasteiger partial charge < -0.3 is 5.32 Å². The zero-order valence-electron chi connectivity index (χ0n) is 17.0. The van der Waals surface area contributed by atoms with Crippen molar-refractivity contribution in [3.8, 4) is 0 Å². The van der Waals surface area contributed by atoms with E-state index in [0.717, 1.165) is 12.0 Å². The van der Waals surface area contributed by atoms with Crippen LogP contribution in [-0.2, 0) is 28.6 Å². The zero-order chi connectivity index (χ0) is 21.8. The summed E-state index contributed by atoms with van der Waals surface area (Å²) >= 11 is 5.93. The Bertz CT molecular complexity index is 1310. The lowest BCUT2D eigenvalue weighted by Gasteiger charge is -2.13. The van der Waals surface area contributed by atoms with E-state index >= 15 is 0 Å². The molecule has 1 aromatic heterocycles. The van der Waals surface area contributed by atoms with Crippen molar-refractivity contribution in [3.63, 3.8) is 0 Å². The summed E-state index contributed by atoms with van der Waals surface area (Å²) in [5, 5.41) is 3.70. The van der Waals surface area contributed by atoms with E-state index in [4.69, 9.17) is 11.6 Å². The van der Waals surface area contributed by atoms with Crippen LogP contribution in [0.5, 0.6) is 0 Å². The first-order chi connectivity index (χ1) is 14.9. The summed E-state index contributed by atoms with van der Waals surface area (Å²) in [6.07, 6.45) is 0.969.